The average Bonchev–Trinajstić information content (AvgIpc) is 2.33. The average molecular weight is 242 g/mol. The minimum absolute atomic E-state index is 0.0446. The second-order valence-electron chi connectivity index (χ2n) is 5.33. The lowest BCUT2D eigenvalue weighted by atomic mass is 9.76. The standard InChI is InChI=1S/C16H22N2/c1-6-7-10-13(17-5)15(16(2,3)4)14-11-8-9-12-18-14/h6-12,15H,5H2,1-4H3/b7-6-,13-10-. The van der Waals surface area contributed by atoms with Gasteiger partial charge < -0.3 is 0 Å². The molecule has 1 heterocycles. The van der Waals surface area contributed by atoms with Gasteiger partial charge in [-0.05, 0) is 37.3 Å². The van der Waals surface area contributed by atoms with E-state index >= 15 is 0 Å². The van der Waals surface area contributed by atoms with Crippen molar-refractivity contribution in [2.24, 2.45) is 10.4 Å². The SMILES string of the molecule is C=N/C(=C\C=C/C)C(c1ccccn1)C(C)(C)C. The first-order chi connectivity index (χ1) is 8.50. The van der Waals surface area contributed by atoms with E-state index in [0.29, 0.717) is 0 Å². The van der Waals surface area contributed by atoms with E-state index in [1.165, 1.54) is 0 Å². The number of hydrogen-bond acceptors (Lipinski definition) is 2. The van der Waals surface area contributed by atoms with Crippen molar-refractivity contribution in [2.45, 2.75) is 33.6 Å². The van der Waals surface area contributed by atoms with Crippen molar-refractivity contribution in [2.75, 3.05) is 0 Å². The number of rotatable bonds is 4. The molecule has 0 bridgehead atoms. The molecule has 1 unspecified atom stereocenters. The summed E-state index contributed by atoms with van der Waals surface area (Å²) < 4.78 is 0. The van der Waals surface area contributed by atoms with Crippen LogP contribution in [-0.4, -0.2) is 11.7 Å². The van der Waals surface area contributed by atoms with Gasteiger partial charge in [0, 0.05) is 23.5 Å². The Labute approximate surface area is 110 Å². The lowest BCUT2D eigenvalue weighted by Gasteiger charge is -2.30. The van der Waals surface area contributed by atoms with Crippen LogP contribution in [0.5, 0.6) is 0 Å². The van der Waals surface area contributed by atoms with E-state index in [1.807, 2.05) is 49.5 Å². The maximum Gasteiger partial charge on any atom is 0.0499 e. The Kier molecular flexibility index (Phi) is 5.02. The maximum absolute atomic E-state index is 4.47. The summed E-state index contributed by atoms with van der Waals surface area (Å²) in [5, 5.41) is 0. The Balaban J connectivity index is 3.26. The van der Waals surface area contributed by atoms with E-state index in [0.717, 1.165) is 11.4 Å². The molecular weight excluding hydrogens is 220 g/mol. The predicted octanol–water partition coefficient (Wildman–Crippen LogP) is 4.37. The predicted molar refractivity (Wildman–Crippen MR) is 78.9 cm³/mol. The smallest absolute Gasteiger partial charge is 0.0499 e. The summed E-state index contributed by atoms with van der Waals surface area (Å²) in [7, 11) is 0. The van der Waals surface area contributed by atoms with Crippen molar-refractivity contribution >= 4 is 6.72 Å². The van der Waals surface area contributed by atoms with Crippen LogP contribution in [-0.2, 0) is 0 Å². The normalized spacial score (nSPS) is 14.8. The van der Waals surface area contributed by atoms with Gasteiger partial charge in [0.15, 0.2) is 0 Å². The van der Waals surface area contributed by atoms with E-state index in [1.54, 1.807) is 0 Å². The Morgan fingerprint density at radius 2 is 2.11 bits per heavy atom. The van der Waals surface area contributed by atoms with Crippen LogP contribution >= 0.6 is 0 Å². The summed E-state index contributed by atoms with van der Waals surface area (Å²) >= 11 is 0. The van der Waals surface area contributed by atoms with Crippen molar-refractivity contribution in [1.29, 1.82) is 0 Å². The monoisotopic (exact) mass is 242 g/mol. The molecular formula is C16H22N2. The van der Waals surface area contributed by atoms with E-state index in [-0.39, 0.29) is 11.3 Å². The maximum atomic E-state index is 4.47. The summed E-state index contributed by atoms with van der Waals surface area (Å²) in [4.78, 5) is 8.66. The number of aliphatic imine (C=N–C) groups is 1. The Morgan fingerprint density at radius 3 is 2.56 bits per heavy atom. The molecule has 0 aliphatic rings. The Hall–Kier alpha value is -1.70. The van der Waals surface area contributed by atoms with Gasteiger partial charge >= 0.3 is 0 Å². The molecule has 0 aliphatic carbocycles. The van der Waals surface area contributed by atoms with Gasteiger partial charge in [0.1, 0.15) is 0 Å². The zero-order valence-corrected chi connectivity index (χ0v) is 11.7. The molecule has 0 saturated heterocycles. The lowest BCUT2D eigenvalue weighted by Crippen LogP contribution is -2.21. The highest BCUT2D eigenvalue weighted by atomic mass is 14.8. The van der Waals surface area contributed by atoms with Gasteiger partial charge in [-0.1, -0.05) is 39.0 Å². The summed E-state index contributed by atoms with van der Waals surface area (Å²) in [6.07, 6.45) is 7.82. The van der Waals surface area contributed by atoms with E-state index in [2.05, 4.69) is 37.5 Å². The molecule has 18 heavy (non-hydrogen) atoms. The zero-order chi connectivity index (χ0) is 13.6. The molecule has 0 spiro atoms. The molecule has 96 valence electrons. The molecule has 1 aromatic rings. The second kappa shape index (κ2) is 6.29. The number of nitrogens with zero attached hydrogens (tertiary/aromatic N) is 2. The van der Waals surface area contributed by atoms with Gasteiger partial charge in [-0.3, -0.25) is 9.98 Å². The van der Waals surface area contributed by atoms with Crippen LogP contribution < -0.4 is 0 Å². The molecule has 0 aliphatic heterocycles. The largest absolute Gasteiger partial charge is 0.268 e. The molecule has 0 fully saturated rings. The first kappa shape index (κ1) is 14.4. The van der Waals surface area contributed by atoms with Gasteiger partial charge in [0.2, 0.25) is 0 Å². The Bertz CT molecular complexity index is 436. The van der Waals surface area contributed by atoms with E-state index < -0.39 is 0 Å². The third-order valence-corrected chi connectivity index (χ3v) is 2.79. The third kappa shape index (κ3) is 3.66. The molecule has 0 aromatic carbocycles. The van der Waals surface area contributed by atoms with Crippen molar-refractivity contribution in [3.05, 3.63) is 54.0 Å². The van der Waals surface area contributed by atoms with Gasteiger partial charge in [-0.15, -0.1) is 0 Å². The number of hydrogen-bond donors (Lipinski definition) is 0. The number of allylic oxidation sites excluding steroid dienone is 4. The highest BCUT2D eigenvalue weighted by Crippen LogP contribution is 2.40. The number of pyridine rings is 1. The van der Waals surface area contributed by atoms with Crippen molar-refractivity contribution in [3.8, 4) is 0 Å². The molecule has 2 nitrogen and oxygen atoms in total. The fraction of sp³-hybridized carbons (Fsp3) is 0.375. The summed E-state index contributed by atoms with van der Waals surface area (Å²) in [5.74, 6) is 0.146. The number of aromatic nitrogens is 1. The van der Waals surface area contributed by atoms with Crippen LogP contribution in [0.25, 0.3) is 0 Å². The summed E-state index contributed by atoms with van der Waals surface area (Å²) in [5.41, 5.74) is 2.04. The Morgan fingerprint density at radius 1 is 1.39 bits per heavy atom. The fourth-order valence-corrected chi connectivity index (χ4v) is 2.02. The first-order valence-corrected chi connectivity index (χ1v) is 6.21. The third-order valence-electron chi connectivity index (χ3n) is 2.79. The first-order valence-electron chi connectivity index (χ1n) is 6.21. The molecule has 1 aromatic heterocycles. The molecule has 2 heteroatoms. The van der Waals surface area contributed by atoms with Crippen LogP contribution in [0.2, 0.25) is 0 Å². The van der Waals surface area contributed by atoms with Crippen LogP contribution in [0, 0.1) is 5.41 Å². The summed E-state index contributed by atoms with van der Waals surface area (Å²) in [6, 6.07) is 5.99. The molecule has 0 radical (unpaired) electrons. The topological polar surface area (TPSA) is 25.2 Å². The van der Waals surface area contributed by atoms with Crippen molar-refractivity contribution in [3.63, 3.8) is 0 Å². The van der Waals surface area contributed by atoms with Crippen LogP contribution in [0.3, 0.4) is 0 Å². The van der Waals surface area contributed by atoms with Crippen LogP contribution in [0.4, 0.5) is 0 Å². The molecule has 1 atom stereocenters. The highest BCUT2D eigenvalue weighted by molar-refractivity contribution is 5.36. The van der Waals surface area contributed by atoms with E-state index in [9.17, 15) is 0 Å². The summed E-state index contributed by atoms with van der Waals surface area (Å²) in [6.45, 7) is 12.3. The van der Waals surface area contributed by atoms with Crippen LogP contribution in [0.1, 0.15) is 39.3 Å². The molecule has 0 saturated carbocycles. The fourth-order valence-electron chi connectivity index (χ4n) is 2.02. The van der Waals surface area contributed by atoms with Gasteiger partial charge in [0.05, 0.1) is 0 Å². The molecule has 0 amide bonds. The highest BCUT2D eigenvalue weighted by Gasteiger charge is 2.30. The lowest BCUT2D eigenvalue weighted by molar-refractivity contribution is 0.347. The van der Waals surface area contributed by atoms with Gasteiger partial charge in [0.25, 0.3) is 0 Å². The molecule has 1 rings (SSSR count). The second-order valence-corrected chi connectivity index (χ2v) is 5.33. The minimum Gasteiger partial charge on any atom is -0.268 e. The zero-order valence-electron chi connectivity index (χ0n) is 11.7. The van der Waals surface area contributed by atoms with Gasteiger partial charge in [-0.2, -0.15) is 0 Å². The van der Waals surface area contributed by atoms with Gasteiger partial charge in [-0.25, -0.2) is 0 Å². The molecule has 0 N–H and O–H groups in total. The van der Waals surface area contributed by atoms with Crippen LogP contribution in [0.15, 0.2) is 53.3 Å². The quantitative estimate of drug-likeness (QED) is 0.568. The van der Waals surface area contributed by atoms with Crippen molar-refractivity contribution in [1.82, 2.24) is 4.98 Å². The van der Waals surface area contributed by atoms with Crippen molar-refractivity contribution < 1.29 is 0 Å². The minimum atomic E-state index is 0.0446. The van der Waals surface area contributed by atoms with E-state index in [4.69, 9.17) is 0 Å².